The molecule has 2 saturated heterocycles. The van der Waals surface area contributed by atoms with Crippen LogP contribution in [-0.4, -0.2) is 80.5 Å². The molecule has 0 N–H and O–H groups in total. The van der Waals surface area contributed by atoms with Crippen LogP contribution in [0.1, 0.15) is 37.7 Å². The molecule has 2 aliphatic rings. The fourth-order valence-corrected chi connectivity index (χ4v) is 4.73. The van der Waals surface area contributed by atoms with Gasteiger partial charge in [0.15, 0.2) is 0 Å². The van der Waals surface area contributed by atoms with Gasteiger partial charge >= 0.3 is 0 Å². The molecule has 4 rings (SSSR count). The Morgan fingerprint density at radius 3 is 2.47 bits per heavy atom. The quantitative estimate of drug-likeness (QED) is 0.631. The molecule has 8 heteroatoms. The Morgan fingerprint density at radius 1 is 0.938 bits per heavy atom. The number of piperidine rings is 1. The van der Waals surface area contributed by atoms with E-state index in [1.807, 2.05) is 15.9 Å². The molecule has 8 nitrogen and oxygen atoms in total. The fourth-order valence-electron chi connectivity index (χ4n) is 4.73. The zero-order valence-corrected chi connectivity index (χ0v) is 18.8. The lowest BCUT2D eigenvalue weighted by atomic mass is 9.93. The largest absolute Gasteiger partial charge is 0.342 e. The zero-order chi connectivity index (χ0) is 22.2. The molecule has 0 bridgehead atoms. The van der Waals surface area contributed by atoms with Crippen LogP contribution in [0.4, 0.5) is 0 Å². The second-order valence-electron chi connectivity index (χ2n) is 8.94. The highest BCUT2D eigenvalue weighted by atomic mass is 16.2. The van der Waals surface area contributed by atoms with Crippen LogP contribution in [0.3, 0.4) is 0 Å². The number of piperazine rings is 1. The first-order chi connectivity index (χ1) is 15.7. The molecule has 0 aliphatic carbocycles. The van der Waals surface area contributed by atoms with Gasteiger partial charge in [-0.25, -0.2) is 4.98 Å². The van der Waals surface area contributed by atoms with Gasteiger partial charge in [0, 0.05) is 58.7 Å². The van der Waals surface area contributed by atoms with Crippen molar-refractivity contribution in [1.82, 2.24) is 29.5 Å². The van der Waals surface area contributed by atoms with E-state index in [1.165, 1.54) is 11.9 Å². The van der Waals surface area contributed by atoms with Crippen LogP contribution in [-0.2, 0) is 22.7 Å². The van der Waals surface area contributed by atoms with E-state index in [4.69, 9.17) is 0 Å². The van der Waals surface area contributed by atoms with Gasteiger partial charge in [-0.1, -0.05) is 30.3 Å². The van der Waals surface area contributed by atoms with Crippen LogP contribution in [0.25, 0.3) is 0 Å². The van der Waals surface area contributed by atoms with Gasteiger partial charge in [0.05, 0.1) is 6.54 Å². The van der Waals surface area contributed by atoms with Crippen molar-refractivity contribution in [3.05, 3.63) is 48.5 Å². The number of aromatic nitrogens is 3. The normalized spacial score (nSPS) is 19.8. The van der Waals surface area contributed by atoms with E-state index in [1.54, 1.807) is 11.0 Å². The first kappa shape index (κ1) is 22.5. The third-order valence-corrected chi connectivity index (χ3v) is 6.63. The maximum Gasteiger partial charge on any atom is 0.224 e. The summed E-state index contributed by atoms with van der Waals surface area (Å²) >= 11 is 0. The molecule has 1 aromatic carbocycles. The molecular weight excluding hydrogens is 404 g/mol. The predicted molar refractivity (Wildman–Crippen MR) is 121 cm³/mol. The van der Waals surface area contributed by atoms with Gasteiger partial charge in [0.25, 0.3) is 0 Å². The molecule has 1 unspecified atom stereocenters. The van der Waals surface area contributed by atoms with E-state index in [9.17, 15) is 9.59 Å². The van der Waals surface area contributed by atoms with Crippen molar-refractivity contribution in [2.45, 2.75) is 45.2 Å². The number of carbonyl (C=O) groups excluding carboxylic acids is 2. The molecule has 0 saturated carbocycles. The highest BCUT2D eigenvalue weighted by Crippen LogP contribution is 2.22. The summed E-state index contributed by atoms with van der Waals surface area (Å²) in [6, 6.07) is 10.5. The number of rotatable bonds is 8. The van der Waals surface area contributed by atoms with E-state index < -0.39 is 0 Å². The Morgan fingerprint density at radius 2 is 1.72 bits per heavy atom. The fraction of sp³-hybridized carbons (Fsp3) is 0.583. The van der Waals surface area contributed by atoms with E-state index in [-0.39, 0.29) is 11.8 Å². The van der Waals surface area contributed by atoms with E-state index >= 15 is 0 Å². The molecule has 172 valence electrons. The van der Waals surface area contributed by atoms with Crippen molar-refractivity contribution in [2.75, 3.05) is 39.3 Å². The number of carbonyl (C=O) groups is 2. The topological polar surface area (TPSA) is 74.6 Å². The minimum absolute atomic E-state index is 0.172. The lowest BCUT2D eigenvalue weighted by Gasteiger charge is -2.36. The first-order valence-corrected chi connectivity index (χ1v) is 11.8. The summed E-state index contributed by atoms with van der Waals surface area (Å²) in [5.41, 5.74) is 1.32. The molecule has 0 spiro atoms. The molecule has 1 atom stereocenters. The van der Waals surface area contributed by atoms with Crippen molar-refractivity contribution in [3.8, 4) is 0 Å². The number of benzene rings is 1. The number of hydrogen-bond acceptors (Lipinski definition) is 5. The summed E-state index contributed by atoms with van der Waals surface area (Å²) in [7, 11) is 0. The molecular formula is C24H34N6O2. The average Bonchev–Trinajstić information content (AvgIpc) is 3.36. The standard InChI is InChI=1S/C24H34N6O2/c31-23(28-15-13-27(14-16-28)17-21-5-2-1-3-6-21)9-8-22-7-4-11-29(18-22)24(32)10-12-30-20-25-19-26-30/h1-3,5-6,19-20,22H,4,7-18H2. The van der Waals surface area contributed by atoms with Crippen LogP contribution in [0.5, 0.6) is 0 Å². The Bertz CT molecular complexity index is 849. The Hall–Kier alpha value is -2.74. The van der Waals surface area contributed by atoms with Crippen molar-refractivity contribution >= 4 is 11.8 Å². The van der Waals surface area contributed by atoms with Crippen molar-refractivity contribution < 1.29 is 9.59 Å². The Balaban J connectivity index is 1.15. The molecule has 2 amide bonds. The van der Waals surface area contributed by atoms with Crippen LogP contribution in [0.15, 0.2) is 43.0 Å². The highest BCUT2D eigenvalue weighted by molar-refractivity contribution is 5.77. The van der Waals surface area contributed by atoms with Crippen molar-refractivity contribution in [1.29, 1.82) is 0 Å². The van der Waals surface area contributed by atoms with Crippen molar-refractivity contribution in [3.63, 3.8) is 0 Å². The van der Waals surface area contributed by atoms with E-state index in [2.05, 4.69) is 39.2 Å². The van der Waals surface area contributed by atoms with Crippen LogP contribution >= 0.6 is 0 Å². The lowest BCUT2D eigenvalue weighted by molar-refractivity contribution is -0.134. The SMILES string of the molecule is O=C(CCC1CCCN(C(=O)CCn2cncn2)C1)N1CCN(Cc2ccccc2)CC1. The molecule has 1 aromatic heterocycles. The van der Waals surface area contributed by atoms with Gasteiger partial charge in [-0.3, -0.25) is 19.2 Å². The van der Waals surface area contributed by atoms with Gasteiger partial charge in [-0.05, 0) is 30.7 Å². The van der Waals surface area contributed by atoms with Crippen LogP contribution in [0.2, 0.25) is 0 Å². The summed E-state index contributed by atoms with van der Waals surface area (Å²) in [6.07, 6.45) is 7.15. The van der Waals surface area contributed by atoms with Crippen molar-refractivity contribution in [2.24, 2.45) is 5.92 Å². The maximum atomic E-state index is 12.8. The number of nitrogens with zero attached hydrogens (tertiary/aromatic N) is 6. The predicted octanol–water partition coefficient (Wildman–Crippen LogP) is 2.03. The third kappa shape index (κ3) is 6.38. The van der Waals surface area contributed by atoms with E-state index in [0.29, 0.717) is 25.3 Å². The number of aryl methyl sites for hydroxylation is 1. The monoisotopic (exact) mass is 438 g/mol. The number of amides is 2. The summed E-state index contributed by atoms with van der Waals surface area (Å²) < 4.78 is 1.69. The molecule has 2 aliphatic heterocycles. The Kier molecular flexibility index (Phi) is 7.87. The number of likely N-dealkylation sites (tertiary alicyclic amines) is 1. The van der Waals surface area contributed by atoms with E-state index in [0.717, 1.165) is 65.1 Å². The summed E-state index contributed by atoms with van der Waals surface area (Å²) in [4.78, 5) is 35.7. The van der Waals surface area contributed by atoms with Crippen LogP contribution in [0, 0.1) is 5.92 Å². The number of hydrogen-bond donors (Lipinski definition) is 0. The molecule has 3 heterocycles. The summed E-state index contributed by atoms with van der Waals surface area (Å²) in [5.74, 6) is 0.854. The molecule has 2 fully saturated rings. The Labute approximate surface area is 190 Å². The highest BCUT2D eigenvalue weighted by Gasteiger charge is 2.26. The lowest BCUT2D eigenvalue weighted by Crippen LogP contribution is -2.48. The summed E-state index contributed by atoms with van der Waals surface area (Å²) in [5, 5.41) is 4.06. The summed E-state index contributed by atoms with van der Waals surface area (Å²) in [6.45, 7) is 6.58. The van der Waals surface area contributed by atoms with Gasteiger partial charge < -0.3 is 9.80 Å². The van der Waals surface area contributed by atoms with Crippen LogP contribution < -0.4 is 0 Å². The second-order valence-corrected chi connectivity index (χ2v) is 8.94. The minimum atomic E-state index is 0.172. The van der Waals surface area contributed by atoms with Gasteiger partial charge in [-0.2, -0.15) is 5.10 Å². The first-order valence-electron chi connectivity index (χ1n) is 11.8. The maximum absolute atomic E-state index is 12.8. The molecule has 32 heavy (non-hydrogen) atoms. The van der Waals surface area contributed by atoms with Gasteiger partial charge in [0.1, 0.15) is 12.7 Å². The third-order valence-electron chi connectivity index (χ3n) is 6.63. The van der Waals surface area contributed by atoms with Gasteiger partial charge in [-0.15, -0.1) is 0 Å². The minimum Gasteiger partial charge on any atom is -0.342 e. The van der Waals surface area contributed by atoms with Gasteiger partial charge in [0.2, 0.25) is 11.8 Å². The average molecular weight is 439 g/mol. The second kappa shape index (κ2) is 11.2. The smallest absolute Gasteiger partial charge is 0.224 e. The molecule has 2 aromatic rings. The molecule has 0 radical (unpaired) electrons. The zero-order valence-electron chi connectivity index (χ0n) is 18.8.